The predicted molar refractivity (Wildman–Crippen MR) is 74.7 cm³/mol. The average Bonchev–Trinajstić information content (AvgIpc) is 2.39. The third-order valence-corrected chi connectivity index (χ3v) is 3.52. The number of anilines is 1. The van der Waals surface area contributed by atoms with Gasteiger partial charge < -0.3 is 14.7 Å². The van der Waals surface area contributed by atoms with E-state index in [0.717, 1.165) is 13.1 Å². The molecule has 0 radical (unpaired) electrons. The minimum atomic E-state index is -0.757. The monoisotopic (exact) mass is 263 g/mol. The highest BCUT2D eigenvalue weighted by atomic mass is 16.5. The van der Waals surface area contributed by atoms with Crippen molar-refractivity contribution in [2.45, 2.75) is 32.8 Å². The Morgan fingerprint density at radius 3 is 3.00 bits per heavy atom. The number of rotatable bonds is 4. The van der Waals surface area contributed by atoms with Crippen LogP contribution in [-0.4, -0.2) is 36.9 Å². The molecule has 1 heterocycles. The Balaban J connectivity index is 2.04. The number of aryl methyl sites for hydroxylation is 2. The number of carboxylic acids is 1. The Morgan fingerprint density at radius 1 is 1.47 bits per heavy atom. The molecule has 1 aliphatic rings. The van der Waals surface area contributed by atoms with Gasteiger partial charge in [-0.25, -0.2) is 0 Å². The fourth-order valence-corrected chi connectivity index (χ4v) is 2.46. The fraction of sp³-hybridized carbons (Fsp3) is 0.533. The molecule has 1 atom stereocenters. The van der Waals surface area contributed by atoms with Crippen molar-refractivity contribution in [1.29, 1.82) is 0 Å². The standard InChI is InChI=1S/C15H21NO3/c1-11-3-4-12(2)14(9-11)16-7-8-19-13(10-16)5-6-15(17)18/h3-4,9,13H,5-8,10H2,1-2H3,(H,17,18). The molecule has 1 N–H and O–H groups in total. The van der Waals surface area contributed by atoms with Crippen molar-refractivity contribution in [2.75, 3.05) is 24.6 Å². The lowest BCUT2D eigenvalue weighted by molar-refractivity contribution is -0.137. The summed E-state index contributed by atoms with van der Waals surface area (Å²) in [4.78, 5) is 12.9. The summed E-state index contributed by atoms with van der Waals surface area (Å²) in [7, 11) is 0. The summed E-state index contributed by atoms with van der Waals surface area (Å²) < 4.78 is 5.65. The number of nitrogens with zero attached hydrogens (tertiary/aromatic N) is 1. The van der Waals surface area contributed by atoms with E-state index >= 15 is 0 Å². The van der Waals surface area contributed by atoms with Crippen LogP contribution in [0.3, 0.4) is 0 Å². The number of ether oxygens (including phenoxy) is 1. The summed E-state index contributed by atoms with van der Waals surface area (Å²) in [5.41, 5.74) is 3.74. The highest BCUT2D eigenvalue weighted by Crippen LogP contribution is 2.24. The van der Waals surface area contributed by atoms with Crippen LogP contribution in [0.25, 0.3) is 0 Å². The van der Waals surface area contributed by atoms with E-state index < -0.39 is 5.97 Å². The Labute approximate surface area is 114 Å². The van der Waals surface area contributed by atoms with Crippen molar-refractivity contribution in [2.24, 2.45) is 0 Å². The van der Waals surface area contributed by atoms with Gasteiger partial charge in [0.1, 0.15) is 0 Å². The van der Waals surface area contributed by atoms with E-state index in [9.17, 15) is 4.79 Å². The van der Waals surface area contributed by atoms with Crippen molar-refractivity contribution in [3.05, 3.63) is 29.3 Å². The second kappa shape index (κ2) is 6.06. The number of morpholine rings is 1. The van der Waals surface area contributed by atoms with Crippen molar-refractivity contribution in [3.8, 4) is 0 Å². The van der Waals surface area contributed by atoms with E-state index in [1.54, 1.807) is 0 Å². The molecule has 1 saturated heterocycles. The lowest BCUT2D eigenvalue weighted by Gasteiger charge is -2.35. The minimum Gasteiger partial charge on any atom is -0.481 e. The molecule has 1 unspecified atom stereocenters. The van der Waals surface area contributed by atoms with Crippen LogP contribution in [0.5, 0.6) is 0 Å². The number of carbonyl (C=O) groups is 1. The first kappa shape index (κ1) is 13.9. The summed E-state index contributed by atoms with van der Waals surface area (Å²) >= 11 is 0. The molecule has 1 aromatic rings. The maximum Gasteiger partial charge on any atom is 0.303 e. The molecular weight excluding hydrogens is 242 g/mol. The SMILES string of the molecule is Cc1ccc(C)c(N2CCOC(CCC(=O)O)C2)c1. The van der Waals surface area contributed by atoms with Crippen LogP contribution >= 0.6 is 0 Å². The summed E-state index contributed by atoms with van der Waals surface area (Å²) in [6, 6.07) is 6.43. The molecule has 0 bridgehead atoms. The molecule has 1 aromatic carbocycles. The van der Waals surface area contributed by atoms with Gasteiger partial charge in [0.2, 0.25) is 0 Å². The fourth-order valence-electron chi connectivity index (χ4n) is 2.46. The van der Waals surface area contributed by atoms with Gasteiger partial charge in [-0.3, -0.25) is 4.79 Å². The third-order valence-electron chi connectivity index (χ3n) is 3.52. The van der Waals surface area contributed by atoms with Crippen molar-refractivity contribution in [3.63, 3.8) is 0 Å². The van der Waals surface area contributed by atoms with Gasteiger partial charge in [0.05, 0.1) is 12.7 Å². The van der Waals surface area contributed by atoms with Crippen molar-refractivity contribution in [1.82, 2.24) is 0 Å². The zero-order valence-electron chi connectivity index (χ0n) is 11.6. The maximum absolute atomic E-state index is 10.6. The Morgan fingerprint density at radius 2 is 2.26 bits per heavy atom. The minimum absolute atomic E-state index is 0.0183. The molecule has 0 saturated carbocycles. The highest BCUT2D eigenvalue weighted by Gasteiger charge is 2.22. The van der Waals surface area contributed by atoms with Crippen LogP contribution in [0, 0.1) is 13.8 Å². The molecule has 0 aromatic heterocycles. The molecule has 0 amide bonds. The van der Waals surface area contributed by atoms with Gasteiger partial charge in [-0.05, 0) is 37.5 Å². The third kappa shape index (κ3) is 3.70. The molecule has 1 aliphatic heterocycles. The zero-order chi connectivity index (χ0) is 13.8. The first-order valence-electron chi connectivity index (χ1n) is 6.72. The molecule has 2 rings (SSSR count). The van der Waals surface area contributed by atoms with E-state index in [1.807, 2.05) is 0 Å². The Kier molecular flexibility index (Phi) is 4.43. The lowest BCUT2D eigenvalue weighted by atomic mass is 10.1. The predicted octanol–water partition coefficient (Wildman–Crippen LogP) is 2.37. The zero-order valence-corrected chi connectivity index (χ0v) is 11.6. The number of hydrogen-bond acceptors (Lipinski definition) is 3. The Bertz CT molecular complexity index is 459. The molecular formula is C15H21NO3. The number of hydrogen-bond donors (Lipinski definition) is 1. The van der Waals surface area contributed by atoms with Gasteiger partial charge in [0.25, 0.3) is 0 Å². The van der Waals surface area contributed by atoms with Crippen LogP contribution in [0.2, 0.25) is 0 Å². The van der Waals surface area contributed by atoms with Crippen molar-refractivity contribution >= 4 is 11.7 Å². The first-order chi connectivity index (χ1) is 9.06. The maximum atomic E-state index is 10.6. The summed E-state index contributed by atoms with van der Waals surface area (Å²) in [5, 5.41) is 8.74. The number of carboxylic acid groups (broad SMARTS) is 1. The van der Waals surface area contributed by atoms with Crippen LogP contribution in [0.1, 0.15) is 24.0 Å². The molecule has 0 aliphatic carbocycles. The molecule has 4 heteroatoms. The second-order valence-electron chi connectivity index (χ2n) is 5.16. The van der Waals surface area contributed by atoms with E-state index in [-0.39, 0.29) is 12.5 Å². The lowest BCUT2D eigenvalue weighted by Crippen LogP contribution is -2.43. The van der Waals surface area contributed by atoms with Crippen LogP contribution < -0.4 is 4.90 Å². The molecule has 0 spiro atoms. The van der Waals surface area contributed by atoms with E-state index in [4.69, 9.17) is 9.84 Å². The largest absolute Gasteiger partial charge is 0.481 e. The molecule has 1 fully saturated rings. The first-order valence-corrected chi connectivity index (χ1v) is 6.72. The van der Waals surface area contributed by atoms with Gasteiger partial charge in [0.15, 0.2) is 0 Å². The number of benzene rings is 1. The topological polar surface area (TPSA) is 49.8 Å². The van der Waals surface area contributed by atoms with Crippen LogP contribution in [-0.2, 0) is 9.53 Å². The quantitative estimate of drug-likeness (QED) is 0.906. The van der Waals surface area contributed by atoms with Gasteiger partial charge >= 0.3 is 5.97 Å². The number of aliphatic carboxylic acids is 1. The van der Waals surface area contributed by atoms with E-state index in [0.29, 0.717) is 13.0 Å². The smallest absolute Gasteiger partial charge is 0.303 e. The highest BCUT2D eigenvalue weighted by molar-refractivity contribution is 5.66. The average molecular weight is 263 g/mol. The van der Waals surface area contributed by atoms with Crippen LogP contribution in [0.4, 0.5) is 5.69 Å². The van der Waals surface area contributed by atoms with Gasteiger partial charge in [-0.15, -0.1) is 0 Å². The Hall–Kier alpha value is -1.55. The van der Waals surface area contributed by atoms with Gasteiger partial charge in [-0.2, -0.15) is 0 Å². The van der Waals surface area contributed by atoms with E-state index in [1.165, 1.54) is 16.8 Å². The van der Waals surface area contributed by atoms with Crippen LogP contribution in [0.15, 0.2) is 18.2 Å². The van der Waals surface area contributed by atoms with E-state index in [2.05, 4.69) is 36.9 Å². The normalized spacial score (nSPS) is 19.5. The molecule has 19 heavy (non-hydrogen) atoms. The van der Waals surface area contributed by atoms with Gasteiger partial charge in [0, 0.05) is 25.2 Å². The molecule has 4 nitrogen and oxygen atoms in total. The summed E-state index contributed by atoms with van der Waals surface area (Å²) in [6.07, 6.45) is 0.770. The molecule has 104 valence electrons. The van der Waals surface area contributed by atoms with Crippen molar-refractivity contribution < 1.29 is 14.6 Å². The van der Waals surface area contributed by atoms with Gasteiger partial charge in [-0.1, -0.05) is 12.1 Å². The summed E-state index contributed by atoms with van der Waals surface area (Å²) in [6.45, 7) is 6.50. The second-order valence-corrected chi connectivity index (χ2v) is 5.16. The summed E-state index contributed by atoms with van der Waals surface area (Å²) in [5.74, 6) is -0.757.